The van der Waals surface area contributed by atoms with Gasteiger partial charge in [-0.05, 0) is 38.3 Å². The number of rotatable bonds is 3. The standard InChI is InChI=1S/C16H21N3O2/c1-12-15(20)19-10-5-3-7-14(19)16(21)18(12)11-8-13-6-2-4-9-17-13/h2,4,6,9,12,14H,3,5,7-8,10-11H2,1H3. The largest absolute Gasteiger partial charge is 0.329 e. The zero-order valence-electron chi connectivity index (χ0n) is 12.4. The van der Waals surface area contributed by atoms with Crippen LogP contribution in [0.4, 0.5) is 0 Å². The Morgan fingerprint density at radius 1 is 1.24 bits per heavy atom. The number of aromatic nitrogens is 1. The fourth-order valence-electron chi connectivity index (χ4n) is 3.29. The first-order valence-electron chi connectivity index (χ1n) is 7.69. The van der Waals surface area contributed by atoms with Gasteiger partial charge >= 0.3 is 0 Å². The molecule has 2 saturated heterocycles. The molecule has 1 aromatic rings. The molecule has 112 valence electrons. The van der Waals surface area contributed by atoms with Crippen LogP contribution in [0.15, 0.2) is 24.4 Å². The summed E-state index contributed by atoms with van der Waals surface area (Å²) in [5, 5.41) is 0. The Balaban J connectivity index is 1.72. The molecule has 0 N–H and O–H groups in total. The summed E-state index contributed by atoms with van der Waals surface area (Å²) in [6.45, 7) is 3.13. The van der Waals surface area contributed by atoms with Gasteiger partial charge in [-0.2, -0.15) is 0 Å². The minimum absolute atomic E-state index is 0.0975. The predicted octanol–water partition coefficient (Wildman–Crippen LogP) is 1.24. The van der Waals surface area contributed by atoms with Crippen LogP contribution in [0.2, 0.25) is 0 Å². The van der Waals surface area contributed by atoms with E-state index in [2.05, 4.69) is 4.98 Å². The molecule has 21 heavy (non-hydrogen) atoms. The molecule has 0 aliphatic carbocycles. The van der Waals surface area contributed by atoms with Crippen molar-refractivity contribution in [3.05, 3.63) is 30.1 Å². The average Bonchev–Trinajstić information content (AvgIpc) is 2.54. The summed E-state index contributed by atoms with van der Waals surface area (Å²) in [5.74, 6) is 0.207. The van der Waals surface area contributed by atoms with Gasteiger partial charge in [0.25, 0.3) is 0 Å². The molecule has 0 bridgehead atoms. The van der Waals surface area contributed by atoms with Crippen LogP contribution in [0.25, 0.3) is 0 Å². The highest BCUT2D eigenvalue weighted by Crippen LogP contribution is 2.26. The van der Waals surface area contributed by atoms with Crippen molar-refractivity contribution in [1.29, 1.82) is 0 Å². The van der Waals surface area contributed by atoms with Crippen molar-refractivity contribution in [2.75, 3.05) is 13.1 Å². The van der Waals surface area contributed by atoms with Gasteiger partial charge in [-0.1, -0.05) is 6.07 Å². The van der Waals surface area contributed by atoms with Gasteiger partial charge in [0.2, 0.25) is 11.8 Å². The first-order chi connectivity index (χ1) is 10.2. The summed E-state index contributed by atoms with van der Waals surface area (Å²) in [7, 11) is 0. The monoisotopic (exact) mass is 287 g/mol. The Morgan fingerprint density at radius 3 is 2.86 bits per heavy atom. The third kappa shape index (κ3) is 2.64. The van der Waals surface area contributed by atoms with Crippen LogP contribution in [-0.4, -0.2) is 51.8 Å². The highest BCUT2D eigenvalue weighted by molar-refractivity contribution is 5.96. The highest BCUT2D eigenvalue weighted by Gasteiger charge is 2.44. The number of hydrogen-bond donors (Lipinski definition) is 0. The van der Waals surface area contributed by atoms with Crippen molar-refractivity contribution in [3.63, 3.8) is 0 Å². The van der Waals surface area contributed by atoms with Gasteiger partial charge in [-0.3, -0.25) is 14.6 Å². The molecule has 0 radical (unpaired) electrons. The molecule has 5 nitrogen and oxygen atoms in total. The molecule has 2 aliphatic heterocycles. The highest BCUT2D eigenvalue weighted by atomic mass is 16.2. The molecule has 0 saturated carbocycles. The number of piperazine rings is 1. The molecule has 0 aromatic carbocycles. The molecule has 1 aromatic heterocycles. The van der Waals surface area contributed by atoms with E-state index in [4.69, 9.17) is 0 Å². The van der Waals surface area contributed by atoms with E-state index in [0.29, 0.717) is 13.0 Å². The Kier molecular flexibility index (Phi) is 3.90. The average molecular weight is 287 g/mol. The summed E-state index contributed by atoms with van der Waals surface area (Å²) >= 11 is 0. The number of carbonyl (C=O) groups excluding carboxylic acids is 2. The maximum atomic E-state index is 12.6. The predicted molar refractivity (Wildman–Crippen MR) is 78.5 cm³/mol. The molecule has 2 fully saturated rings. The molecule has 3 rings (SSSR count). The molecule has 5 heteroatoms. The van der Waals surface area contributed by atoms with Crippen molar-refractivity contribution >= 4 is 11.8 Å². The van der Waals surface area contributed by atoms with E-state index in [9.17, 15) is 9.59 Å². The number of fused-ring (bicyclic) bond motifs is 1. The van der Waals surface area contributed by atoms with E-state index in [1.165, 1.54) is 0 Å². The minimum atomic E-state index is -0.351. The number of piperidine rings is 1. The molecular formula is C16H21N3O2. The number of nitrogens with zero attached hydrogens (tertiary/aromatic N) is 3. The lowest BCUT2D eigenvalue weighted by molar-refractivity contribution is -0.162. The quantitative estimate of drug-likeness (QED) is 0.840. The van der Waals surface area contributed by atoms with Gasteiger partial charge in [0, 0.05) is 31.4 Å². The van der Waals surface area contributed by atoms with Gasteiger partial charge in [0.15, 0.2) is 0 Å². The van der Waals surface area contributed by atoms with Gasteiger partial charge in [0.05, 0.1) is 0 Å². The number of amides is 2. The molecule has 2 aliphatic rings. The van der Waals surface area contributed by atoms with Crippen LogP contribution in [0.3, 0.4) is 0 Å². The molecule has 2 atom stereocenters. The first-order valence-corrected chi connectivity index (χ1v) is 7.69. The number of pyridine rings is 1. The minimum Gasteiger partial charge on any atom is -0.329 e. The van der Waals surface area contributed by atoms with Gasteiger partial charge in [-0.25, -0.2) is 0 Å². The molecular weight excluding hydrogens is 266 g/mol. The van der Waals surface area contributed by atoms with Crippen LogP contribution >= 0.6 is 0 Å². The van der Waals surface area contributed by atoms with Gasteiger partial charge in [0.1, 0.15) is 12.1 Å². The molecule has 2 unspecified atom stereocenters. The van der Waals surface area contributed by atoms with E-state index in [0.717, 1.165) is 31.5 Å². The Hall–Kier alpha value is -1.91. The molecule has 2 amide bonds. The lowest BCUT2D eigenvalue weighted by Gasteiger charge is -2.46. The summed E-state index contributed by atoms with van der Waals surface area (Å²) in [6.07, 6.45) is 5.29. The van der Waals surface area contributed by atoms with Crippen molar-refractivity contribution in [2.45, 2.75) is 44.7 Å². The second-order valence-electron chi connectivity index (χ2n) is 5.82. The van der Waals surface area contributed by atoms with Crippen molar-refractivity contribution in [3.8, 4) is 0 Å². The van der Waals surface area contributed by atoms with Crippen LogP contribution in [-0.2, 0) is 16.0 Å². The van der Waals surface area contributed by atoms with Crippen molar-refractivity contribution < 1.29 is 9.59 Å². The van der Waals surface area contributed by atoms with E-state index < -0.39 is 0 Å². The van der Waals surface area contributed by atoms with Crippen LogP contribution in [0, 0.1) is 0 Å². The fraction of sp³-hybridized carbons (Fsp3) is 0.562. The van der Waals surface area contributed by atoms with E-state index >= 15 is 0 Å². The number of carbonyl (C=O) groups is 2. The van der Waals surface area contributed by atoms with Gasteiger partial charge in [-0.15, -0.1) is 0 Å². The zero-order valence-corrected chi connectivity index (χ0v) is 12.4. The van der Waals surface area contributed by atoms with Crippen molar-refractivity contribution in [1.82, 2.24) is 14.8 Å². The summed E-state index contributed by atoms with van der Waals surface area (Å²) in [5.41, 5.74) is 0.955. The van der Waals surface area contributed by atoms with E-state index in [1.54, 1.807) is 16.0 Å². The van der Waals surface area contributed by atoms with Crippen LogP contribution in [0.1, 0.15) is 31.9 Å². The first kappa shape index (κ1) is 14.0. The Labute approximate surface area is 124 Å². The lowest BCUT2D eigenvalue weighted by Crippen LogP contribution is -2.65. The second-order valence-corrected chi connectivity index (χ2v) is 5.82. The topological polar surface area (TPSA) is 53.5 Å². The second kappa shape index (κ2) is 5.84. The molecule has 3 heterocycles. The van der Waals surface area contributed by atoms with Crippen LogP contribution < -0.4 is 0 Å². The Bertz CT molecular complexity index is 532. The van der Waals surface area contributed by atoms with E-state index in [-0.39, 0.29) is 23.9 Å². The summed E-state index contributed by atoms with van der Waals surface area (Å²) < 4.78 is 0. The third-order valence-corrected chi connectivity index (χ3v) is 4.51. The molecule has 0 spiro atoms. The summed E-state index contributed by atoms with van der Waals surface area (Å²) in [4.78, 5) is 32.9. The van der Waals surface area contributed by atoms with E-state index in [1.807, 2.05) is 25.1 Å². The maximum Gasteiger partial charge on any atom is 0.246 e. The van der Waals surface area contributed by atoms with Crippen molar-refractivity contribution in [2.24, 2.45) is 0 Å². The number of hydrogen-bond acceptors (Lipinski definition) is 3. The zero-order chi connectivity index (χ0) is 14.8. The van der Waals surface area contributed by atoms with Gasteiger partial charge < -0.3 is 9.80 Å². The Morgan fingerprint density at radius 2 is 2.10 bits per heavy atom. The maximum absolute atomic E-state index is 12.6. The SMILES string of the molecule is CC1C(=O)N2CCCCC2C(=O)N1CCc1ccccn1. The fourth-order valence-corrected chi connectivity index (χ4v) is 3.29. The van der Waals surface area contributed by atoms with Crippen LogP contribution in [0.5, 0.6) is 0 Å². The summed E-state index contributed by atoms with van der Waals surface area (Å²) in [6, 6.07) is 5.19. The lowest BCUT2D eigenvalue weighted by atomic mass is 9.95. The third-order valence-electron chi connectivity index (χ3n) is 4.51. The normalized spacial score (nSPS) is 26.0. The smallest absolute Gasteiger partial charge is 0.246 e.